The average Bonchev–Trinajstić information content (AvgIpc) is 2.98. The Morgan fingerprint density at radius 1 is 1.22 bits per heavy atom. The number of thiazole rings is 1. The predicted octanol–water partition coefficient (Wildman–Crippen LogP) is 2.75. The summed E-state index contributed by atoms with van der Waals surface area (Å²) in [6, 6.07) is 7.41. The van der Waals surface area contributed by atoms with E-state index in [2.05, 4.69) is 15.1 Å². The van der Waals surface area contributed by atoms with Crippen LogP contribution >= 0.6 is 11.3 Å². The van der Waals surface area contributed by atoms with Gasteiger partial charge in [-0.15, -0.1) is 11.3 Å². The number of para-hydroxylation sites is 1. The minimum Gasteiger partial charge on any atom is -0.398 e. The second-order valence-corrected chi connectivity index (χ2v) is 4.82. The molecule has 18 heavy (non-hydrogen) atoms. The SMILES string of the molecule is Cc1nc(-c2nc(-c3ccccc3N)no2)cs1. The van der Waals surface area contributed by atoms with Crippen molar-refractivity contribution in [2.45, 2.75) is 6.92 Å². The maximum atomic E-state index is 5.87. The van der Waals surface area contributed by atoms with Crippen LogP contribution in [0.3, 0.4) is 0 Å². The van der Waals surface area contributed by atoms with Gasteiger partial charge in [-0.1, -0.05) is 17.3 Å². The number of benzene rings is 1. The first kappa shape index (κ1) is 10.9. The van der Waals surface area contributed by atoms with Crippen molar-refractivity contribution < 1.29 is 4.52 Å². The molecule has 0 saturated heterocycles. The minimum absolute atomic E-state index is 0.414. The number of aromatic nitrogens is 3. The Hall–Kier alpha value is -2.21. The van der Waals surface area contributed by atoms with Gasteiger partial charge in [0.2, 0.25) is 5.82 Å². The molecule has 0 amide bonds. The van der Waals surface area contributed by atoms with Crippen molar-refractivity contribution in [2.24, 2.45) is 0 Å². The molecule has 0 saturated carbocycles. The highest BCUT2D eigenvalue weighted by Crippen LogP contribution is 2.26. The van der Waals surface area contributed by atoms with Crippen molar-refractivity contribution in [1.82, 2.24) is 15.1 Å². The Morgan fingerprint density at radius 3 is 2.78 bits per heavy atom. The van der Waals surface area contributed by atoms with Gasteiger partial charge in [-0.3, -0.25) is 0 Å². The molecule has 0 aliphatic heterocycles. The molecule has 1 aromatic carbocycles. The van der Waals surface area contributed by atoms with Crippen LogP contribution in [0.25, 0.3) is 23.0 Å². The molecule has 0 atom stereocenters. The molecule has 0 aliphatic carbocycles. The second kappa shape index (κ2) is 4.23. The quantitative estimate of drug-likeness (QED) is 0.715. The summed E-state index contributed by atoms with van der Waals surface area (Å²) < 4.78 is 5.20. The van der Waals surface area contributed by atoms with Crippen molar-refractivity contribution >= 4 is 17.0 Å². The number of rotatable bonds is 2. The summed E-state index contributed by atoms with van der Waals surface area (Å²) in [5, 5.41) is 6.78. The number of nitrogens with two attached hydrogens (primary N) is 1. The molecule has 0 aliphatic rings. The molecule has 6 heteroatoms. The molecule has 5 nitrogen and oxygen atoms in total. The van der Waals surface area contributed by atoms with Crippen LogP contribution in [-0.4, -0.2) is 15.1 Å². The summed E-state index contributed by atoms with van der Waals surface area (Å²) in [4.78, 5) is 8.61. The van der Waals surface area contributed by atoms with Crippen LogP contribution in [0.1, 0.15) is 5.01 Å². The van der Waals surface area contributed by atoms with E-state index in [1.54, 1.807) is 17.4 Å². The average molecular weight is 258 g/mol. The minimum atomic E-state index is 0.414. The van der Waals surface area contributed by atoms with E-state index in [9.17, 15) is 0 Å². The summed E-state index contributed by atoms with van der Waals surface area (Å²) in [7, 11) is 0. The molecule has 2 aromatic heterocycles. The van der Waals surface area contributed by atoms with E-state index < -0.39 is 0 Å². The lowest BCUT2D eigenvalue weighted by atomic mass is 10.2. The molecule has 0 unspecified atom stereocenters. The Labute approximate surface area is 107 Å². The fourth-order valence-electron chi connectivity index (χ4n) is 1.60. The number of hydrogen-bond donors (Lipinski definition) is 1. The summed E-state index contributed by atoms with van der Waals surface area (Å²) in [6.45, 7) is 1.93. The molecule has 2 N–H and O–H groups in total. The smallest absolute Gasteiger partial charge is 0.277 e. The highest BCUT2D eigenvalue weighted by molar-refractivity contribution is 7.09. The van der Waals surface area contributed by atoms with Gasteiger partial charge < -0.3 is 10.3 Å². The van der Waals surface area contributed by atoms with Crippen molar-refractivity contribution in [3.8, 4) is 23.0 Å². The van der Waals surface area contributed by atoms with Crippen molar-refractivity contribution in [3.63, 3.8) is 0 Å². The molecule has 2 heterocycles. The molecule has 0 fully saturated rings. The van der Waals surface area contributed by atoms with E-state index in [0.717, 1.165) is 10.6 Å². The van der Waals surface area contributed by atoms with E-state index >= 15 is 0 Å². The van der Waals surface area contributed by atoms with Gasteiger partial charge in [0, 0.05) is 16.6 Å². The maximum absolute atomic E-state index is 5.87. The highest BCUT2D eigenvalue weighted by atomic mass is 32.1. The number of aryl methyl sites for hydroxylation is 1. The standard InChI is InChI=1S/C12H10N4OS/c1-7-14-10(6-18-7)12-15-11(16-17-12)8-4-2-3-5-9(8)13/h2-6H,13H2,1H3. The number of nitrogen functional groups attached to an aromatic ring is 1. The lowest BCUT2D eigenvalue weighted by Gasteiger charge is -1.97. The van der Waals surface area contributed by atoms with Gasteiger partial charge in [0.15, 0.2) is 0 Å². The molecule has 0 bridgehead atoms. The zero-order valence-corrected chi connectivity index (χ0v) is 10.4. The third kappa shape index (κ3) is 1.86. The number of hydrogen-bond acceptors (Lipinski definition) is 6. The zero-order valence-electron chi connectivity index (χ0n) is 9.62. The Morgan fingerprint density at radius 2 is 2.06 bits per heavy atom. The Bertz CT molecular complexity index is 689. The topological polar surface area (TPSA) is 77.8 Å². The lowest BCUT2D eigenvalue weighted by molar-refractivity contribution is 0.431. The highest BCUT2D eigenvalue weighted by Gasteiger charge is 2.14. The van der Waals surface area contributed by atoms with Gasteiger partial charge in [-0.25, -0.2) is 4.98 Å². The van der Waals surface area contributed by atoms with Crippen molar-refractivity contribution in [2.75, 3.05) is 5.73 Å². The van der Waals surface area contributed by atoms with Crippen LogP contribution in [0.4, 0.5) is 5.69 Å². The van der Waals surface area contributed by atoms with Gasteiger partial charge in [0.1, 0.15) is 5.69 Å². The Kier molecular flexibility index (Phi) is 2.56. The molecular weight excluding hydrogens is 248 g/mol. The van der Waals surface area contributed by atoms with Crippen molar-refractivity contribution in [1.29, 1.82) is 0 Å². The lowest BCUT2D eigenvalue weighted by Crippen LogP contribution is -1.90. The van der Waals surface area contributed by atoms with Crippen LogP contribution in [0.5, 0.6) is 0 Å². The second-order valence-electron chi connectivity index (χ2n) is 3.76. The number of anilines is 1. The van der Waals surface area contributed by atoms with Gasteiger partial charge >= 0.3 is 0 Å². The summed E-state index contributed by atoms with van der Waals surface area (Å²) in [5.41, 5.74) is 7.96. The van der Waals surface area contributed by atoms with Gasteiger partial charge in [0.05, 0.1) is 5.01 Å². The first-order valence-electron chi connectivity index (χ1n) is 5.35. The third-order valence-corrected chi connectivity index (χ3v) is 3.24. The van der Waals surface area contributed by atoms with Crippen LogP contribution in [0.15, 0.2) is 34.2 Å². The van der Waals surface area contributed by atoms with E-state index in [1.165, 1.54) is 0 Å². The first-order valence-corrected chi connectivity index (χ1v) is 6.23. The summed E-state index contributed by atoms with van der Waals surface area (Å²) in [5.74, 6) is 0.895. The molecule has 3 aromatic rings. The van der Waals surface area contributed by atoms with Crippen molar-refractivity contribution in [3.05, 3.63) is 34.7 Å². The van der Waals surface area contributed by atoms with E-state index in [0.29, 0.717) is 23.1 Å². The van der Waals surface area contributed by atoms with Crippen LogP contribution < -0.4 is 5.73 Å². The molecule has 90 valence electrons. The summed E-state index contributed by atoms with van der Waals surface area (Å²) in [6.07, 6.45) is 0. The molecule has 0 radical (unpaired) electrons. The fraction of sp³-hybridized carbons (Fsp3) is 0.0833. The van der Waals surface area contributed by atoms with Gasteiger partial charge in [0.25, 0.3) is 5.89 Å². The molecular formula is C12H10N4OS. The van der Waals surface area contributed by atoms with Crippen LogP contribution in [-0.2, 0) is 0 Å². The van der Waals surface area contributed by atoms with Gasteiger partial charge in [-0.05, 0) is 19.1 Å². The molecule has 3 rings (SSSR count). The van der Waals surface area contributed by atoms with Crippen LogP contribution in [0.2, 0.25) is 0 Å². The van der Waals surface area contributed by atoms with E-state index in [1.807, 2.05) is 30.5 Å². The van der Waals surface area contributed by atoms with E-state index in [-0.39, 0.29) is 0 Å². The zero-order chi connectivity index (χ0) is 12.5. The maximum Gasteiger partial charge on any atom is 0.277 e. The first-order chi connectivity index (χ1) is 8.74. The molecule has 0 spiro atoms. The Balaban J connectivity index is 2.02. The normalized spacial score (nSPS) is 10.7. The number of nitrogens with zero attached hydrogens (tertiary/aromatic N) is 3. The summed E-state index contributed by atoms with van der Waals surface area (Å²) >= 11 is 1.54. The third-order valence-electron chi connectivity index (χ3n) is 2.47. The fourth-order valence-corrected chi connectivity index (χ4v) is 2.19. The largest absolute Gasteiger partial charge is 0.398 e. The van der Waals surface area contributed by atoms with Gasteiger partial charge in [-0.2, -0.15) is 4.98 Å². The van der Waals surface area contributed by atoms with E-state index in [4.69, 9.17) is 10.3 Å². The monoisotopic (exact) mass is 258 g/mol. The predicted molar refractivity (Wildman–Crippen MR) is 70.0 cm³/mol. The van der Waals surface area contributed by atoms with Crippen LogP contribution in [0, 0.1) is 6.92 Å².